The van der Waals surface area contributed by atoms with E-state index in [0.29, 0.717) is 22.9 Å². The Balaban J connectivity index is 2.21. The standard InChI is InChI=1S/C21H27Cl2F2NOSi/c1-4-28(5-2,6-3)27-20(21-16(22)13-26-14-17(21)23)9-7-8-15-10-11-18(24)19(25)12-15/h10-14,20H,4-9H2,1-3H3. The smallest absolute Gasteiger partial charge is 0.192 e. The van der Waals surface area contributed by atoms with Crippen molar-refractivity contribution in [2.45, 2.75) is 64.3 Å². The number of hydrogen-bond acceptors (Lipinski definition) is 2. The molecule has 154 valence electrons. The zero-order valence-electron chi connectivity index (χ0n) is 16.6. The van der Waals surface area contributed by atoms with E-state index in [2.05, 4.69) is 25.8 Å². The van der Waals surface area contributed by atoms with Crippen molar-refractivity contribution in [3.63, 3.8) is 0 Å². The maximum absolute atomic E-state index is 13.5. The minimum Gasteiger partial charge on any atom is -0.410 e. The molecule has 0 spiro atoms. The van der Waals surface area contributed by atoms with Gasteiger partial charge in [-0.3, -0.25) is 4.98 Å². The van der Waals surface area contributed by atoms with Crippen LogP contribution in [-0.4, -0.2) is 13.3 Å². The van der Waals surface area contributed by atoms with Gasteiger partial charge in [-0.15, -0.1) is 0 Å². The molecule has 0 radical (unpaired) electrons. The molecule has 1 aromatic carbocycles. The highest BCUT2D eigenvalue weighted by atomic mass is 35.5. The van der Waals surface area contributed by atoms with E-state index in [4.69, 9.17) is 27.6 Å². The van der Waals surface area contributed by atoms with Gasteiger partial charge in [0.1, 0.15) is 0 Å². The number of nitrogens with zero attached hydrogens (tertiary/aromatic N) is 1. The van der Waals surface area contributed by atoms with Crippen molar-refractivity contribution in [3.8, 4) is 0 Å². The molecular weight excluding hydrogens is 419 g/mol. The number of halogens is 4. The van der Waals surface area contributed by atoms with Gasteiger partial charge in [0.2, 0.25) is 0 Å². The van der Waals surface area contributed by atoms with Crippen LogP contribution in [0.3, 0.4) is 0 Å². The first kappa shape index (κ1) is 23.3. The van der Waals surface area contributed by atoms with Crippen LogP contribution in [0.1, 0.15) is 50.8 Å². The predicted molar refractivity (Wildman–Crippen MR) is 115 cm³/mol. The molecule has 0 aliphatic heterocycles. The van der Waals surface area contributed by atoms with Crippen LogP contribution in [0.2, 0.25) is 28.2 Å². The van der Waals surface area contributed by atoms with Crippen molar-refractivity contribution in [1.29, 1.82) is 0 Å². The van der Waals surface area contributed by atoms with Crippen LogP contribution in [0.25, 0.3) is 0 Å². The van der Waals surface area contributed by atoms with Crippen molar-refractivity contribution in [2.75, 3.05) is 0 Å². The number of hydrogen-bond donors (Lipinski definition) is 0. The zero-order valence-corrected chi connectivity index (χ0v) is 19.1. The minimum absolute atomic E-state index is 0.236. The Morgan fingerprint density at radius 2 is 1.61 bits per heavy atom. The number of benzene rings is 1. The van der Waals surface area contributed by atoms with Gasteiger partial charge in [0.05, 0.1) is 16.1 Å². The Morgan fingerprint density at radius 1 is 1.00 bits per heavy atom. The fraction of sp³-hybridized carbons (Fsp3) is 0.476. The van der Waals surface area contributed by atoms with Crippen molar-refractivity contribution >= 4 is 31.5 Å². The van der Waals surface area contributed by atoms with Gasteiger partial charge in [-0.05, 0) is 55.1 Å². The van der Waals surface area contributed by atoms with Gasteiger partial charge in [-0.1, -0.05) is 50.0 Å². The van der Waals surface area contributed by atoms with Gasteiger partial charge in [0.25, 0.3) is 0 Å². The summed E-state index contributed by atoms with van der Waals surface area (Å²) >= 11 is 12.8. The molecule has 7 heteroatoms. The molecule has 0 saturated heterocycles. The summed E-state index contributed by atoms with van der Waals surface area (Å²) in [5, 5.41) is 0.994. The molecule has 28 heavy (non-hydrogen) atoms. The molecule has 2 rings (SSSR count). The lowest BCUT2D eigenvalue weighted by molar-refractivity contribution is 0.176. The number of aromatic nitrogens is 1. The maximum Gasteiger partial charge on any atom is 0.192 e. The third kappa shape index (κ3) is 5.75. The van der Waals surface area contributed by atoms with Gasteiger partial charge >= 0.3 is 0 Å². The van der Waals surface area contributed by atoms with Gasteiger partial charge in [-0.2, -0.15) is 0 Å². The third-order valence-electron chi connectivity index (χ3n) is 5.45. The fourth-order valence-corrected chi connectivity index (χ4v) is 6.93. The van der Waals surface area contributed by atoms with Crippen LogP contribution >= 0.6 is 23.2 Å². The van der Waals surface area contributed by atoms with Crippen LogP contribution < -0.4 is 0 Å². The summed E-state index contributed by atoms with van der Waals surface area (Å²) in [6.45, 7) is 6.52. The van der Waals surface area contributed by atoms with Crippen molar-refractivity contribution in [3.05, 3.63) is 63.4 Å². The first-order valence-corrected chi connectivity index (χ1v) is 13.0. The maximum atomic E-state index is 13.5. The Labute approximate surface area is 177 Å². The van der Waals surface area contributed by atoms with Crippen LogP contribution in [0.5, 0.6) is 0 Å². The van der Waals surface area contributed by atoms with Gasteiger partial charge in [0, 0.05) is 18.0 Å². The summed E-state index contributed by atoms with van der Waals surface area (Å²) < 4.78 is 33.3. The summed E-state index contributed by atoms with van der Waals surface area (Å²) in [6, 6.07) is 7.07. The molecule has 1 atom stereocenters. The highest BCUT2D eigenvalue weighted by molar-refractivity contribution is 6.73. The second-order valence-electron chi connectivity index (χ2n) is 7.01. The van der Waals surface area contributed by atoms with Crippen LogP contribution in [0, 0.1) is 11.6 Å². The molecule has 0 aliphatic carbocycles. The monoisotopic (exact) mass is 445 g/mol. The van der Waals surface area contributed by atoms with E-state index in [9.17, 15) is 8.78 Å². The molecular formula is C21H27Cl2F2NOSi. The summed E-state index contributed by atoms with van der Waals surface area (Å²) in [5.41, 5.74) is 1.53. The number of pyridine rings is 1. The normalized spacial score (nSPS) is 13.0. The van der Waals surface area contributed by atoms with E-state index in [1.54, 1.807) is 18.5 Å². The third-order valence-corrected chi connectivity index (χ3v) is 10.7. The molecule has 0 saturated carbocycles. The molecule has 1 aromatic heterocycles. The Hall–Kier alpha value is -1.01. The minimum atomic E-state index is -1.90. The Kier molecular flexibility index (Phi) is 8.87. The zero-order chi connectivity index (χ0) is 20.7. The summed E-state index contributed by atoms with van der Waals surface area (Å²) in [6.07, 6.45) is 4.99. The number of aryl methyl sites for hydroxylation is 1. The molecule has 2 nitrogen and oxygen atoms in total. The highest BCUT2D eigenvalue weighted by Crippen LogP contribution is 2.39. The highest BCUT2D eigenvalue weighted by Gasteiger charge is 2.33. The second kappa shape index (κ2) is 10.7. The van der Waals surface area contributed by atoms with E-state index in [0.717, 1.165) is 35.7 Å². The molecule has 0 amide bonds. The molecule has 0 fully saturated rings. The van der Waals surface area contributed by atoms with Crippen LogP contribution in [0.4, 0.5) is 8.78 Å². The quantitative estimate of drug-likeness (QED) is 0.348. The summed E-state index contributed by atoms with van der Waals surface area (Å²) in [7, 11) is -1.90. The average molecular weight is 446 g/mol. The van der Waals surface area contributed by atoms with Crippen molar-refractivity contribution < 1.29 is 13.2 Å². The van der Waals surface area contributed by atoms with Gasteiger partial charge in [0.15, 0.2) is 20.0 Å². The lowest BCUT2D eigenvalue weighted by Crippen LogP contribution is -2.37. The first-order valence-electron chi connectivity index (χ1n) is 9.76. The Bertz CT molecular complexity index is 758. The van der Waals surface area contributed by atoms with E-state index in [1.165, 1.54) is 12.1 Å². The van der Waals surface area contributed by atoms with E-state index in [1.807, 2.05) is 0 Å². The largest absolute Gasteiger partial charge is 0.410 e. The van der Waals surface area contributed by atoms with Crippen molar-refractivity contribution in [2.24, 2.45) is 0 Å². The topological polar surface area (TPSA) is 22.1 Å². The van der Waals surface area contributed by atoms with Crippen LogP contribution in [0.15, 0.2) is 30.6 Å². The molecule has 2 aromatic rings. The molecule has 1 unspecified atom stereocenters. The second-order valence-corrected chi connectivity index (χ2v) is 12.5. The molecule has 0 N–H and O–H groups in total. The summed E-state index contributed by atoms with van der Waals surface area (Å²) in [5.74, 6) is -1.65. The van der Waals surface area contributed by atoms with Crippen molar-refractivity contribution in [1.82, 2.24) is 4.98 Å². The van der Waals surface area contributed by atoms with E-state index < -0.39 is 20.0 Å². The lowest BCUT2D eigenvalue weighted by Gasteiger charge is -2.34. The Morgan fingerprint density at radius 3 is 2.14 bits per heavy atom. The molecule has 0 bridgehead atoms. The summed E-state index contributed by atoms with van der Waals surface area (Å²) in [4.78, 5) is 4.04. The average Bonchev–Trinajstić information content (AvgIpc) is 2.68. The van der Waals surface area contributed by atoms with Gasteiger partial charge in [-0.25, -0.2) is 8.78 Å². The molecule has 0 aliphatic rings. The van der Waals surface area contributed by atoms with E-state index >= 15 is 0 Å². The number of rotatable bonds is 10. The molecule has 1 heterocycles. The fourth-order valence-electron chi connectivity index (χ4n) is 3.48. The van der Waals surface area contributed by atoms with E-state index in [-0.39, 0.29) is 6.10 Å². The SMILES string of the molecule is CC[Si](CC)(CC)OC(CCCc1ccc(F)c(F)c1)c1c(Cl)cncc1Cl. The van der Waals surface area contributed by atoms with Gasteiger partial charge < -0.3 is 4.43 Å². The lowest BCUT2D eigenvalue weighted by atomic mass is 10.0. The first-order chi connectivity index (χ1) is 13.4. The predicted octanol–water partition coefficient (Wildman–Crippen LogP) is 7.75. The van der Waals surface area contributed by atoms with Crippen LogP contribution in [-0.2, 0) is 10.8 Å².